The van der Waals surface area contributed by atoms with Crippen molar-refractivity contribution in [1.82, 2.24) is 4.90 Å². The monoisotopic (exact) mass is 333 g/mol. The number of piperidine rings is 1. The Hall–Kier alpha value is -2.04. The molecule has 5 heteroatoms. The van der Waals surface area contributed by atoms with Crippen molar-refractivity contribution in [1.29, 1.82) is 0 Å². The van der Waals surface area contributed by atoms with Gasteiger partial charge >= 0.3 is 5.97 Å². The average Bonchev–Trinajstić information content (AvgIpc) is 2.60. The van der Waals surface area contributed by atoms with Crippen LogP contribution in [0.25, 0.3) is 0 Å². The van der Waals surface area contributed by atoms with E-state index in [4.69, 9.17) is 9.47 Å². The molecule has 0 aliphatic carbocycles. The van der Waals surface area contributed by atoms with Crippen LogP contribution in [-0.2, 0) is 14.3 Å². The quantitative estimate of drug-likeness (QED) is 0.777. The van der Waals surface area contributed by atoms with Gasteiger partial charge in [-0.1, -0.05) is 26.0 Å². The van der Waals surface area contributed by atoms with Gasteiger partial charge in [-0.3, -0.25) is 9.59 Å². The summed E-state index contributed by atoms with van der Waals surface area (Å²) < 4.78 is 10.6. The van der Waals surface area contributed by atoms with Crippen LogP contribution in [0.2, 0.25) is 0 Å². The molecule has 0 saturated carbocycles. The molecule has 0 aromatic heterocycles. The van der Waals surface area contributed by atoms with Crippen molar-refractivity contribution < 1.29 is 19.1 Å². The van der Waals surface area contributed by atoms with Crippen LogP contribution in [0.5, 0.6) is 5.75 Å². The first-order valence-electron chi connectivity index (χ1n) is 8.55. The van der Waals surface area contributed by atoms with E-state index in [0.717, 1.165) is 0 Å². The summed E-state index contributed by atoms with van der Waals surface area (Å²) in [6.45, 7) is 7.16. The van der Waals surface area contributed by atoms with Crippen LogP contribution in [0, 0.1) is 5.92 Å². The normalized spacial score (nSPS) is 16.8. The predicted octanol–water partition coefficient (Wildman–Crippen LogP) is 2.99. The Morgan fingerprint density at radius 1 is 1.17 bits per heavy atom. The predicted molar refractivity (Wildman–Crippen MR) is 91.9 cm³/mol. The molecular formula is C19H27NO4. The van der Waals surface area contributed by atoms with Crippen LogP contribution in [0.1, 0.15) is 45.1 Å². The van der Waals surface area contributed by atoms with Gasteiger partial charge in [-0.15, -0.1) is 0 Å². The molecule has 1 aliphatic heterocycles. The molecule has 1 aromatic carbocycles. The van der Waals surface area contributed by atoms with E-state index in [2.05, 4.69) is 19.9 Å². The number of ether oxygens (including phenoxy) is 2. The molecule has 5 nitrogen and oxygen atoms in total. The highest BCUT2D eigenvalue weighted by Crippen LogP contribution is 2.23. The smallest absolute Gasteiger partial charge is 0.308 e. The summed E-state index contributed by atoms with van der Waals surface area (Å²) in [5, 5.41) is 0. The van der Waals surface area contributed by atoms with E-state index in [1.807, 2.05) is 18.2 Å². The zero-order valence-electron chi connectivity index (χ0n) is 15.0. The van der Waals surface area contributed by atoms with E-state index < -0.39 is 6.10 Å². The number of hydrogen-bond donors (Lipinski definition) is 0. The molecule has 1 saturated heterocycles. The van der Waals surface area contributed by atoms with E-state index in [1.54, 1.807) is 11.8 Å². The highest BCUT2D eigenvalue weighted by Gasteiger charge is 2.30. The summed E-state index contributed by atoms with van der Waals surface area (Å²) >= 11 is 0. The summed E-state index contributed by atoms with van der Waals surface area (Å²) in [5.41, 5.74) is 1.19. The third-order valence-electron chi connectivity index (χ3n) is 4.53. The van der Waals surface area contributed by atoms with Crippen LogP contribution in [-0.4, -0.2) is 43.1 Å². The number of nitrogens with zero attached hydrogens (tertiary/aromatic N) is 1. The van der Waals surface area contributed by atoms with Gasteiger partial charge in [0.2, 0.25) is 0 Å². The van der Waals surface area contributed by atoms with Gasteiger partial charge in [0, 0.05) is 13.1 Å². The van der Waals surface area contributed by atoms with E-state index >= 15 is 0 Å². The van der Waals surface area contributed by atoms with Gasteiger partial charge in [0.05, 0.1) is 13.0 Å². The van der Waals surface area contributed by atoms with Gasteiger partial charge in [0.1, 0.15) is 5.75 Å². The fourth-order valence-corrected chi connectivity index (χ4v) is 2.96. The van der Waals surface area contributed by atoms with Crippen molar-refractivity contribution in [3.63, 3.8) is 0 Å². The minimum Gasteiger partial charge on any atom is -0.481 e. The Bertz CT molecular complexity index is 576. The molecule has 24 heavy (non-hydrogen) atoms. The number of likely N-dealkylation sites (tertiary alicyclic amines) is 1. The SMILES string of the molecule is COC(=O)C1CCN(C(=O)C(C)Oc2cccc(C(C)C)c2)CC1. The van der Waals surface area contributed by atoms with Crippen molar-refractivity contribution in [2.45, 2.75) is 45.6 Å². The lowest BCUT2D eigenvalue weighted by Gasteiger charge is -2.32. The third kappa shape index (κ3) is 4.49. The number of carbonyl (C=O) groups is 2. The molecule has 132 valence electrons. The molecule has 1 aromatic rings. The first-order chi connectivity index (χ1) is 11.4. The Labute approximate surface area is 143 Å². The van der Waals surface area contributed by atoms with Gasteiger partial charge in [0.25, 0.3) is 5.91 Å². The van der Waals surface area contributed by atoms with E-state index in [1.165, 1.54) is 12.7 Å². The number of esters is 1. The van der Waals surface area contributed by atoms with Gasteiger partial charge in [-0.25, -0.2) is 0 Å². The van der Waals surface area contributed by atoms with Crippen LogP contribution >= 0.6 is 0 Å². The van der Waals surface area contributed by atoms with Crippen molar-refractivity contribution >= 4 is 11.9 Å². The van der Waals surface area contributed by atoms with Crippen molar-refractivity contribution in [3.05, 3.63) is 29.8 Å². The largest absolute Gasteiger partial charge is 0.481 e. The molecule has 0 bridgehead atoms. The molecule has 2 rings (SSSR count). The molecule has 1 heterocycles. The Balaban J connectivity index is 1.91. The number of benzene rings is 1. The second kappa shape index (κ2) is 8.18. The molecular weight excluding hydrogens is 306 g/mol. The topological polar surface area (TPSA) is 55.8 Å². The van der Waals surface area contributed by atoms with Gasteiger partial charge in [0.15, 0.2) is 6.10 Å². The third-order valence-corrected chi connectivity index (χ3v) is 4.53. The number of methoxy groups -OCH3 is 1. The maximum atomic E-state index is 12.6. The van der Waals surface area contributed by atoms with E-state index in [9.17, 15) is 9.59 Å². The standard InChI is InChI=1S/C19H27NO4/c1-13(2)16-6-5-7-17(12-16)24-14(3)18(21)20-10-8-15(9-11-20)19(22)23-4/h5-7,12-15H,8-11H2,1-4H3. The first kappa shape index (κ1) is 18.3. The van der Waals surface area contributed by atoms with Crippen molar-refractivity contribution in [2.75, 3.05) is 20.2 Å². The first-order valence-corrected chi connectivity index (χ1v) is 8.55. The molecule has 1 aliphatic rings. The summed E-state index contributed by atoms with van der Waals surface area (Å²) in [5.74, 6) is 0.812. The molecule has 1 unspecified atom stereocenters. The summed E-state index contributed by atoms with van der Waals surface area (Å²) in [7, 11) is 1.40. The van der Waals surface area contributed by atoms with E-state index in [-0.39, 0.29) is 17.8 Å². The second-order valence-corrected chi connectivity index (χ2v) is 6.61. The van der Waals surface area contributed by atoms with Crippen LogP contribution in [0.3, 0.4) is 0 Å². The lowest BCUT2D eigenvalue weighted by Crippen LogP contribution is -2.45. The average molecular weight is 333 g/mol. The Morgan fingerprint density at radius 3 is 2.42 bits per heavy atom. The summed E-state index contributed by atoms with van der Waals surface area (Å²) in [6.07, 6.45) is 0.754. The molecule has 1 fully saturated rings. The summed E-state index contributed by atoms with van der Waals surface area (Å²) in [4.78, 5) is 25.9. The summed E-state index contributed by atoms with van der Waals surface area (Å²) in [6, 6.07) is 7.86. The maximum absolute atomic E-state index is 12.6. The van der Waals surface area contributed by atoms with Crippen molar-refractivity contribution in [3.8, 4) is 5.75 Å². The maximum Gasteiger partial charge on any atom is 0.308 e. The fraction of sp³-hybridized carbons (Fsp3) is 0.579. The fourth-order valence-electron chi connectivity index (χ4n) is 2.96. The number of hydrogen-bond acceptors (Lipinski definition) is 4. The Kier molecular flexibility index (Phi) is 6.23. The zero-order valence-corrected chi connectivity index (χ0v) is 15.0. The molecule has 1 atom stereocenters. The second-order valence-electron chi connectivity index (χ2n) is 6.61. The van der Waals surface area contributed by atoms with Gasteiger partial charge < -0.3 is 14.4 Å². The Morgan fingerprint density at radius 2 is 1.83 bits per heavy atom. The van der Waals surface area contributed by atoms with E-state index in [0.29, 0.717) is 37.6 Å². The zero-order chi connectivity index (χ0) is 17.7. The molecule has 1 amide bonds. The lowest BCUT2D eigenvalue weighted by molar-refractivity contribution is -0.150. The molecule has 0 N–H and O–H groups in total. The van der Waals surface area contributed by atoms with Crippen LogP contribution in [0.4, 0.5) is 0 Å². The van der Waals surface area contributed by atoms with Crippen LogP contribution < -0.4 is 4.74 Å². The minimum atomic E-state index is -0.540. The van der Waals surface area contributed by atoms with Crippen molar-refractivity contribution in [2.24, 2.45) is 5.92 Å². The highest BCUT2D eigenvalue weighted by atomic mass is 16.5. The van der Waals surface area contributed by atoms with Crippen LogP contribution in [0.15, 0.2) is 24.3 Å². The highest BCUT2D eigenvalue weighted by molar-refractivity contribution is 5.81. The molecule has 0 spiro atoms. The number of carbonyl (C=O) groups excluding carboxylic acids is 2. The lowest BCUT2D eigenvalue weighted by atomic mass is 9.97. The minimum absolute atomic E-state index is 0.0340. The van der Waals surface area contributed by atoms with Gasteiger partial charge in [-0.05, 0) is 43.4 Å². The number of rotatable bonds is 5. The number of amides is 1. The molecule has 0 radical (unpaired) electrons. The van der Waals surface area contributed by atoms with Gasteiger partial charge in [-0.2, -0.15) is 0 Å².